The Morgan fingerprint density at radius 1 is 1.12 bits per heavy atom. The maximum atomic E-state index is 13.2. The van der Waals surface area contributed by atoms with Crippen LogP contribution in [0.5, 0.6) is 5.88 Å². The maximum absolute atomic E-state index is 13.2. The van der Waals surface area contributed by atoms with E-state index in [9.17, 15) is 13.2 Å². The van der Waals surface area contributed by atoms with Crippen molar-refractivity contribution in [3.63, 3.8) is 0 Å². The number of piperazine rings is 1. The van der Waals surface area contributed by atoms with Gasteiger partial charge in [0.05, 0.1) is 31.7 Å². The van der Waals surface area contributed by atoms with Crippen LogP contribution in [0.1, 0.15) is 31.1 Å². The van der Waals surface area contributed by atoms with Crippen molar-refractivity contribution in [1.82, 2.24) is 39.9 Å². The van der Waals surface area contributed by atoms with Crippen LogP contribution in [0.25, 0.3) is 17.2 Å². The summed E-state index contributed by atoms with van der Waals surface area (Å²) in [6.07, 6.45) is 2.42. The number of aromatic nitrogens is 7. The second-order valence-corrected chi connectivity index (χ2v) is 8.20. The fraction of sp³-hybridized carbons (Fsp3) is 0.381. The van der Waals surface area contributed by atoms with E-state index in [4.69, 9.17) is 9.72 Å². The van der Waals surface area contributed by atoms with Crippen LogP contribution in [-0.2, 0) is 6.18 Å². The van der Waals surface area contributed by atoms with E-state index in [0.717, 1.165) is 18.0 Å². The molecule has 1 saturated heterocycles. The van der Waals surface area contributed by atoms with Gasteiger partial charge in [-0.2, -0.15) is 23.3 Å². The summed E-state index contributed by atoms with van der Waals surface area (Å²) in [4.78, 5) is 18.9. The topological polar surface area (TPSA) is 109 Å². The average molecular weight is 473 g/mol. The number of methoxy groups -OCH3 is 1. The lowest BCUT2D eigenvalue weighted by Crippen LogP contribution is -2.56. The van der Waals surface area contributed by atoms with Crippen LogP contribution in [0.2, 0.25) is 0 Å². The highest BCUT2D eigenvalue weighted by Crippen LogP contribution is 2.32. The lowest BCUT2D eigenvalue weighted by molar-refractivity contribution is -0.141. The number of fused-ring (bicyclic) bond motifs is 1. The second kappa shape index (κ2) is 8.24. The van der Waals surface area contributed by atoms with Crippen molar-refractivity contribution in [3.05, 3.63) is 48.3 Å². The molecule has 34 heavy (non-hydrogen) atoms. The number of nitrogens with one attached hydrogen (secondary N) is 2. The van der Waals surface area contributed by atoms with Crippen LogP contribution >= 0.6 is 0 Å². The summed E-state index contributed by atoms with van der Waals surface area (Å²) in [5.41, 5.74) is 0.527. The van der Waals surface area contributed by atoms with E-state index in [1.54, 1.807) is 12.3 Å². The van der Waals surface area contributed by atoms with Crippen molar-refractivity contribution in [3.8, 4) is 17.4 Å². The van der Waals surface area contributed by atoms with Gasteiger partial charge in [0.25, 0.3) is 0 Å². The van der Waals surface area contributed by atoms with E-state index in [1.807, 2.05) is 6.20 Å². The third kappa shape index (κ3) is 3.91. The summed E-state index contributed by atoms with van der Waals surface area (Å²) in [5, 5.41) is 10.5. The Morgan fingerprint density at radius 2 is 1.94 bits per heavy atom. The number of rotatable bonds is 4. The average Bonchev–Trinajstić information content (AvgIpc) is 3.49. The summed E-state index contributed by atoms with van der Waals surface area (Å²) in [5.74, 6) is 1.08. The fourth-order valence-electron chi connectivity index (χ4n) is 4.23. The van der Waals surface area contributed by atoms with Gasteiger partial charge < -0.3 is 15.0 Å². The Hall–Kier alpha value is -3.74. The van der Waals surface area contributed by atoms with E-state index < -0.39 is 11.9 Å². The summed E-state index contributed by atoms with van der Waals surface area (Å²) >= 11 is 0. The molecule has 0 radical (unpaired) electrons. The summed E-state index contributed by atoms with van der Waals surface area (Å²) < 4.78 is 46.4. The zero-order chi connectivity index (χ0) is 24.0. The molecule has 0 spiro atoms. The van der Waals surface area contributed by atoms with E-state index >= 15 is 0 Å². The number of anilines is 1. The maximum Gasteiger partial charge on any atom is 0.434 e. The van der Waals surface area contributed by atoms with E-state index in [-0.39, 0.29) is 29.6 Å². The number of hydrogen-bond donors (Lipinski definition) is 2. The second-order valence-electron chi connectivity index (χ2n) is 8.20. The third-order valence-corrected chi connectivity index (χ3v) is 5.90. The molecule has 2 N–H and O–H groups in total. The smallest absolute Gasteiger partial charge is 0.434 e. The Morgan fingerprint density at radius 3 is 2.65 bits per heavy atom. The van der Waals surface area contributed by atoms with Gasteiger partial charge in [-0.25, -0.2) is 15.0 Å². The van der Waals surface area contributed by atoms with Crippen LogP contribution in [0.15, 0.2) is 37.1 Å². The largest absolute Gasteiger partial charge is 0.481 e. The van der Waals surface area contributed by atoms with Crippen LogP contribution in [0.4, 0.5) is 19.0 Å². The van der Waals surface area contributed by atoms with Gasteiger partial charge in [0.2, 0.25) is 5.88 Å². The molecule has 0 saturated carbocycles. The molecule has 0 aromatic carbocycles. The Balaban J connectivity index is 1.59. The molecule has 0 aliphatic carbocycles. The first-order chi connectivity index (χ1) is 16.2. The normalized spacial score (nSPS) is 21.2. The van der Waals surface area contributed by atoms with Crippen molar-refractivity contribution in [1.29, 1.82) is 0 Å². The number of ether oxygens (including phenoxy) is 1. The minimum Gasteiger partial charge on any atom is -0.481 e. The van der Waals surface area contributed by atoms with Crippen LogP contribution in [0, 0.1) is 0 Å². The predicted octanol–water partition coefficient (Wildman–Crippen LogP) is 2.86. The highest BCUT2D eigenvalue weighted by atomic mass is 19.4. The zero-order valence-corrected chi connectivity index (χ0v) is 18.6. The van der Waals surface area contributed by atoms with Gasteiger partial charge in [-0.15, -0.1) is 0 Å². The van der Waals surface area contributed by atoms with Gasteiger partial charge in [-0.3, -0.25) is 9.50 Å². The molecule has 1 aliphatic heterocycles. The van der Waals surface area contributed by atoms with Gasteiger partial charge in [-0.05, 0) is 13.8 Å². The first kappa shape index (κ1) is 22.1. The molecule has 0 amide bonds. The molecule has 178 valence electrons. The Kier molecular flexibility index (Phi) is 5.35. The molecule has 4 aromatic heterocycles. The number of aromatic amines is 1. The first-order valence-electron chi connectivity index (χ1n) is 10.6. The van der Waals surface area contributed by atoms with E-state index in [1.165, 1.54) is 17.7 Å². The summed E-state index contributed by atoms with van der Waals surface area (Å²) in [7, 11) is 1.48. The molecular weight excluding hydrogens is 451 g/mol. The van der Waals surface area contributed by atoms with Crippen LogP contribution in [0.3, 0.4) is 0 Å². The van der Waals surface area contributed by atoms with E-state index in [0.29, 0.717) is 23.9 Å². The molecule has 5 rings (SSSR count). The van der Waals surface area contributed by atoms with Crippen LogP contribution in [-0.4, -0.2) is 60.3 Å². The van der Waals surface area contributed by atoms with Crippen molar-refractivity contribution in [2.24, 2.45) is 0 Å². The molecule has 1 aliphatic rings. The highest BCUT2D eigenvalue weighted by molar-refractivity contribution is 5.60. The lowest BCUT2D eigenvalue weighted by atomic mass is 9.97. The minimum atomic E-state index is -4.59. The Labute approximate surface area is 192 Å². The summed E-state index contributed by atoms with van der Waals surface area (Å²) in [6.45, 7) is 4.80. The predicted molar refractivity (Wildman–Crippen MR) is 116 cm³/mol. The van der Waals surface area contributed by atoms with Gasteiger partial charge >= 0.3 is 6.18 Å². The molecule has 4 aromatic rings. The zero-order valence-electron chi connectivity index (χ0n) is 18.6. The number of halogens is 3. The SMILES string of the molecule is COc1cc(N2CC(C)NC(c3cn[nH]c3)C2C)nc(-c2cnc3cnc(C(F)(F)F)cn23)n1. The van der Waals surface area contributed by atoms with Gasteiger partial charge in [0.15, 0.2) is 17.2 Å². The highest BCUT2D eigenvalue weighted by Gasteiger charge is 2.35. The molecule has 3 unspecified atom stereocenters. The van der Waals surface area contributed by atoms with Crippen molar-refractivity contribution in [2.75, 3.05) is 18.6 Å². The van der Waals surface area contributed by atoms with Gasteiger partial charge in [0.1, 0.15) is 11.5 Å². The van der Waals surface area contributed by atoms with E-state index in [2.05, 4.69) is 49.2 Å². The van der Waals surface area contributed by atoms with Gasteiger partial charge in [-0.1, -0.05) is 0 Å². The molecule has 10 nitrogen and oxygen atoms in total. The van der Waals surface area contributed by atoms with Gasteiger partial charge in [0, 0.05) is 42.7 Å². The molecule has 1 fully saturated rings. The van der Waals surface area contributed by atoms with Crippen molar-refractivity contribution < 1.29 is 17.9 Å². The quantitative estimate of drug-likeness (QED) is 0.466. The van der Waals surface area contributed by atoms with Crippen molar-refractivity contribution in [2.45, 2.75) is 38.1 Å². The Bertz CT molecular complexity index is 1300. The first-order valence-corrected chi connectivity index (χ1v) is 10.6. The number of H-pyrrole nitrogens is 1. The van der Waals surface area contributed by atoms with Crippen molar-refractivity contribution >= 4 is 11.5 Å². The summed E-state index contributed by atoms with van der Waals surface area (Å²) in [6, 6.07) is 1.83. The van der Waals surface area contributed by atoms with Crippen LogP contribution < -0.4 is 15.0 Å². The fourth-order valence-corrected chi connectivity index (χ4v) is 4.23. The number of hydrogen-bond acceptors (Lipinski definition) is 8. The number of imidazole rings is 1. The lowest BCUT2D eigenvalue weighted by Gasteiger charge is -2.43. The molecule has 0 bridgehead atoms. The molecule has 13 heteroatoms. The third-order valence-electron chi connectivity index (χ3n) is 5.90. The minimum absolute atomic E-state index is 0.00975. The molecule has 5 heterocycles. The molecular formula is C21H22F3N9O. The standard InChI is InChI=1S/C21H22F3N9O/c1-11-9-32(12(2)19(29-11)13-5-27-28-6-13)16-4-18(34-3)31-20(30-16)14-7-26-17-8-25-15(10-33(14)17)21(22,23)24/h4-8,10-12,19,29H,9H2,1-3H3,(H,27,28). The monoisotopic (exact) mass is 473 g/mol. The number of nitrogens with zero attached hydrogens (tertiary/aromatic N) is 7. The number of alkyl halides is 3. The molecule has 3 atom stereocenters.